The maximum Gasteiger partial charge on any atom is 0.277 e. The number of benzene rings is 1. The number of carbonyl (C=O) groups is 2. The Kier molecular flexibility index (Phi) is 5.40. The summed E-state index contributed by atoms with van der Waals surface area (Å²) in [6, 6.07) is 11.7. The zero-order valence-corrected chi connectivity index (χ0v) is 21.2. The van der Waals surface area contributed by atoms with Gasteiger partial charge in [-0.05, 0) is 25.0 Å². The average molecular weight is 502 g/mol. The minimum atomic E-state index is -0.279. The Labute approximate surface area is 211 Å². The largest absolute Gasteiger partial charge is 0.331 e. The number of aromatic nitrogens is 5. The molecule has 184 valence electrons. The maximum absolute atomic E-state index is 13.7. The van der Waals surface area contributed by atoms with Crippen molar-refractivity contribution >= 4 is 44.7 Å². The molecule has 0 radical (unpaired) electrons. The molecule has 0 saturated heterocycles. The van der Waals surface area contributed by atoms with Gasteiger partial charge in [-0.2, -0.15) is 10.2 Å². The van der Waals surface area contributed by atoms with Crippen LogP contribution in [-0.2, 0) is 19.6 Å². The van der Waals surface area contributed by atoms with Gasteiger partial charge in [-0.3, -0.25) is 14.3 Å². The van der Waals surface area contributed by atoms with Crippen LogP contribution in [-0.4, -0.2) is 47.2 Å². The Morgan fingerprint density at radius 1 is 1.14 bits per heavy atom. The van der Waals surface area contributed by atoms with Crippen LogP contribution < -0.4 is 5.32 Å². The van der Waals surface area contributed by atoms with Gasteiger partial charge in [-0.15, -0.1) is 11.3 Å². The van der Waals surface area contributed by atoms with E-state index in [9.17, 15) is 9.59 Å². The van der Waals surface area contributed by atoms with Crippen molar-refractivity contribution in [2.45, 2.75) is 46.3 Å². The summed E-state index contributed by atoms with van der Waals surface area (Å²) in [6.07, 6.45) is 2.00. The summed E-state index contributed by atoms with van der Waals surface area (Å²) in [5.74, 6) is 0.654. The first kappa shape index (κ1) is 22.5. The molecule has 0 saturated carbocycles. The van der Waals surface area contributed by atoms with Gasteiger partial charge >= 0.3 is 0 Å². The van der Waals surface area contributed by atoms with Crippen LogP contribution in [0.3, 0.4) is 0 Å². The second-order valence-electron chi connectivity index (χ2n) is 9.32. The third-order valence-corrected chi connectivity index (χ3v) is 7.60. The minimum Gasteiger partial charge on any atom is -0.331 e. The van der Waals surface area contributed by atoms with Crippen LogP contribution in [0.15, 0.2) is 48.0 Å². The van der Waals surface area contributed by atoms with E-state index in [0.717, 1.165) is 32.7 Å². The number of amides is 2. The molecule has 0 unspecified atom stereocenters. The maximum atomic E-state index is 13.7. The number of hydrogen-bond donors (Lipinski definition) is 1. The zero-order valence-electron chi connectivity index (χ0n) is 20.4. The van der Waals surface area contributed by atoms with E-state index in [2.05, 4.69) is 33.8 Å². The average Bonchev–Trinajstić information content (AvgIpc) is 3.65. The van der Waals surface area contributed by atoms with Gasteiger partial charge in [0.15, 0.2) is 5.69 Å². The van der Waals surface area contributed by atoms with E-state index in [1.807, 2.05) is 58.4 Å². The molecule has 4 aromatic heterocycles. The molecule has 0 spiro atoms. The summed E-state index contributed by atoms with van der Waals surface area (Å²) in [5, 5.41) is 15.0. The molecule has 9 nitrogen and oxygen atoms in total. The van der Waals surface area contributed by atoms with Gasteiger partial charge < -0.3 is 14.6 Å². The van der Waals surface area contributed by atoms with Crippen molar-refractivity contribution in [3.8, 4) is 0 Å². The number of nitrogens with zero attached hydrogens (tertiary/aromatic N) is 6. The van der Waals surface area contributed by atoms with Gasteiger partial charge in [0, 0.05) is 36.1 Å². The first-order valence-electron chi connectivity index (χ1n) is 12.2. The summed E-state index contributed by atoms with van der Waals surface area (Å²) < 4.78 is 5.70. The smallest absolute Gasteiger partial charge is 0.277 e. The fourth-order valence-corrected chi connectivity index (χ4v) is 5.72. The van der Waals surface area contributed by atoms with Crippen LogP contribution in [0.1, 0.15) is 58.9 Å². The summed E-state index contributed by atoms with van der Waals surface area (Å²) in [6.45, 7) is 8.28. The lowest BCUT2D eigenvalue weighted by molar-refractivity contribution is 0.0709. The van der Waals surface area contributed by atoms with Gasteiger partial charge in [0.05, 0.1) is 35.6 Å². The highest BCUT2D eigenvalue weighted by Gasteiger charge is 2.28. The first-order valence-corrected chi connectivity index (χ1v) is 13.0. The van der Waals surface area contributed by atoms with Crippen molar-refractivity contribution in [3.05, 3.63) is 70.6 Å². The van der Waals surface area contributed by atoms with Gasteiger partial charge in [-0.1, -0.05) is 32.0 Å². The van der Waals surface area contributed by atoms with Crippen LogP contribution >= 0.6 is 11.3 Å². The van der Waals surface area contributed by atoms with E-state index in [1.165, 1.54) is 0 Å². The number of thiazole rings is 1. The molecule has 1 N–H and O–H groups in total. The third-order valence-electron chi connectivity index (χ3n) is 6.72. The van der Waals surface area contributed by atoms with Crippen molar-refractivity contribution in [3.63, 3.8) is 0 Å². The third kappa shape index (κ3) is 3.60. The Balaban J connectivity index is 1.24. The van der Waals surface area contributed by atoms with Gasteiger partial charge in [0.1, 0.15) is 10.6 Å². The molecule has 36 heavy (non-hydrogen) atoms. The Morgan fingerprint density at radius 3 is 2.78 bits per heavy atom. The van der Waals surface area contributed by atoms with Crippen LogP contribution in [0.5, 0.6) is 0 Å². The lowest BCUT2D eigenvalue weighted by atomic mass is 10.1. The Hall–Kier alpha value is -3.92. The van der Waals surface area contributed by atoms with Crippen LogP contribution in [0.25, 0.3) is 15.7 Å². The molecule has 1 aromatic carbocycles. The SMILES string of the molecule is CCn1nc(C(C)C)cc1NC(=O)c1cc2n(n1)CCN(C(=O)c1c3ccccc3n3ccsc13)C2. The standard InChI is InChI=1S/C26H27N7O2S/c1-4-32-22(14-19(28-32)16(2)3)27-24(34)20-13-17-15-30(9-10-33(17)29-20)25(35)23-18-7-5-6-8-21(18)31-11-12-36-26(23)31/h5-8,11-14,16H,4,9-10,15H2,1-3H3,(H,27,34). The van der Waals surface area contributed by atoms with E-state index in [-0.39, 0.29) is 17.7 Å². The summed E-state index contributed by atoms with van der Waals surface area (Å²) >= 11 is 1.57. The van der Waals surface area contributed by atoms with Crippen LogP contribution in [0.2, 0.25) is 0 Å². The molecule has 0 aliphatic carbocycles. The molecule has 10 heteroatoms. The number of para-hydroxylation sites is 1. The molecular weight excluding hydrogens is 474 g/mol. The molecule has 5 aromatic rings. The van der Waals surface area contributed by atoms with E-state index in [1.54, 1.807) is 22.1 Å². The van der Waals surface area contributed by atoms with Gasteiger partial charge in [0.25, 0.3) is 11.8 Å². The Bertz CT molecular complexity index is 1620. The van der Waals surface area contributed by atoms with Crippen molar-refractivity contribution < 1.29 is 9.59 Å². The van der Waals surface area contributed by atoms with Crippen molar-refractivity contribution in [1.29, 1.82) is 0 Å². The van der Waals surface area contributed by atoms with E-state index in [4.69, 9.17) is 0 Å². The fraction of sp³-hybridized carbons (Fsp3) is 0.308. The number of fused-ring (bicyclic) bond motifs is 4. The quantitative estimate of drug-likeness (QED) is 0.381. The molecule has 2 amide bonds. The predicted molar refractivity (Wildman–Crippen MR) is 140 cm³/mol. The predicted octanol–water partition coefficient (Wildman–Crippen LogP) is 4.60. The summed E-state index contributed by atoms with van der Waals surface area (Å²) in [5.41, 5.74) is 3.88. The number of carbonyl (C=O) groups excluding carboxylic acids is 2. The van der Waals surface area contributed by atoms with Crippen LogP contribution in [0, 0.1) is 0 Å². The molecule has 1 aliphatic rings. The van der Waals surface area contributed by atoms with Crippen molar-refractivity contribution in [1.82, 2.24) is 28.9 Å². The number of aryl methyl sites for hydroxylation is 1. The van der Waals surface area contributed by atoms with Gasteiger partial charge in [-0.25, -0.2) is 4.68 Å². The highest BCUT2D eigenvalue weighted by Crippen LogP contribution is 2.32. The molecule has 6 rings (SSSR count). The fourth-order valence-electron chi connectivity index (χ4n) is 4.82. The normalized spacial score (nSPS) is 13.6. The molecule has 0 fully saturated rings. The zero-order chi connectivity index (χ0) is 25.0. The van der Waals surface area contributed by atoms with E-state index >= 15 is 0 Å². The lowest BCUT2D eigenvalue weighted by Crippen LogP contribution is -2.38. The molecule has 0 atom stereocenters. The number of rotatable bonds is 5. The van der Waals surface area contributed by atoms with E-state index < -0.39 is 0 Å². The highest BCUT2D eigenvalue weighted by molar-refractivity contribution is 7.16. The Morgan fingerprint density at radius 2 is 1.97 bits per heavy atom. The molecular formula is C26H27N7O2S. The topological polar surface area (TPSA) is 89.5 Å². The minimum absolute atomic E-state index is 0.00247. The van der Waals surface area contributed by atoms with Crippen molar-refractivity contribution in [2.24, 2.45) is 0 Å². The van der Waals surface area contributed by atoms with E-state index in [0.29, 0.717) is 37.7 Å². The number of nitrogens with one attached hydrogen (secondary N) is 1. The lowest BCUT2D eigenvalue weighted by Gasteiger charge is -2.27. The molecule has 5 heterocycles. The highest BCUT2D eigenvalue weighted by atomic mass is 32.1. The van der Waals surface area contributed by atoms with Crippen LogP contribution in [0.4, 0.5) is 5.82 Å². The summed E-state index contributed by atoms with van der Waals surface area (Å²) in [4.78, 5) is 29.5. The first-order chi connectivity index (χ1) is 17.4. The summed E-state index contributed by atoms with van der Waals surface area (Å²) in [7, 11) is 0. The number of anilines is 1. The second-order valence-corrected chi connectivity index (χ2v) is 10.2. The number of hydrogen-bond acceptors (Lipinski definition) is 5. The molecule has 1 aliphatic heterocycles. The molecule has 0 bridgehead atoms. The van der Waals surface area contributed by atoms with Gasteiger partial charge in [0.2, 0.25) is 0 Å². The second kappa shape index (κ2) is 8.63. The monoisotopic (exact) mass is 501 g/mol. The van der Waals surface area contributed by atoms with Crippen molar-refractivity contribution in [2.75, 3.05) is 11.9 Å².